The topological polar surface area (TPSA) is 114 Å². The molecule has 0 radical (unpaired) electrons. The lowest BCUT2D eigenvalue weighted by Gasteiger charge is -2.09. The first-order valence-corrected chi connectivity index (χ1v) is 6.85. The molecule has 0 amide bonds. The summed E-state index contributed by atoms with van der Waals surface area (Å²) >= 11 is 0. The molecule has 0 fully saturated rings. The second kappa shape index (κ2) is 4.92. The second-order valence-corrected chi connectivity index (χ2v) is 5.39. The lowest BCUT2D eigenvalue weighted by Crippen LogP contribution is -2.17. The minimum Gasteiger partial charge on any atom is -0.447 e. The monoisotopic (exact) mass is 270 g/mol. The number of aromatic amines is 1. The molecule has 2 rings (SSSR count). The van der Waals surface area contributed by atoms with Crippen LogP contribution < -0.4 is 10.5 Å². The second-order valence-electron chi connectivity index (χ2n) is 3.90. The van der Waals surface area contributed by atoms with E-state index in [4.69, 9.17) is 9.56 Å². The van der Waals surface area contributed by atoms with Gasteiger partial charge in [-0.2, -0.15) is 5.10 Å². The van der Waals surface area contributed by atoms with Crippen molar-refractivity contribution in [2.24, 2.45) is 5.14 Å². The average Bonchev–Trinajstić information content (AvgIpc) is 2.96. The molecule has 1 atom stereocenters. The summed E-state index contributed by atoms with van der Waals surface area (Å²) in [7, 11) is -3.77. The van der Waals surface area contributed by atoms with Crippen molar-refractivity contribution in [3.63, 3.8) is 0 Å². The molecule has 0 spiro atoms. The molecule has 2 aromatic heterocycles. The molecule has 0 aliphatic carbocycles. The fourth-order valence-corrected chi connectivity index (χ4v) is 1.96. The van der Waals surface area contributed by atoms with E-state index in [2.05, 4.69) is 15.5 Å². The SMILES string of the molecule is CC(NCc1ccc(S(N)(=O)=O)o1)c1cn[nH]c1. The van der Waals surface area contributed by atoms with Crippen molar-refractivity contribution in [2.45, 2.75) is 24.6 Å². The van der Waals surface area contributed by atoms with Gasteiger partial charge in [-0.05, 0) is 19.1 Å². The Balaban J connectivity index is 1.97. The van der Waals surface area contributed by atoms with Crippen molar-refractivity contribution in [3.8, 4) is 0 Å². The highest BCUT2D eigenvalue weighted by molar-refractivity contribution is 7.89. The molecule has 7 nitrogen and oxygen atoms in total. The summed E-state index contributed by atoms with van der Waals surface area (Å²) in [4.78, 5) is 0. The largest absolute Gasteiger partial charge is 0.447 e. The number of aromatic nitrogens is 2. The summed E-state index contributed by atoms with van der Waals surface area (Å²) in [5.74, 6) is 0.509. The maximum Gasteiger partial charge on any atom is 0.271 e. The van der Waals surface area contributed by atoms with Crippen molar-refractivity contribution in [1.29, 1.82) is 0 Å². The van der Waals surface area contributed by atoms with E-state index in [0.29, 0.717) is 12.3 Å². The number of primary sulfonamides is 1. The Morgan fingerprint density at radius 3 is 2.89 bits per heavy atom. The summed E-state index contributed by atoms with van der Waals surface area (Å²) < 4.78 is 27.2. The van der Waals surface area contributed by atoms with E-state index in [1.165, 1.54) is 6.07 Å². The summed E-state index contributed by atoms with van der Waals surface area (Å²) in [6, 6.07) is 3.00. The van der Waals surface area contributed by atoms with Crippen LogP contribution in [0.15, 0.2) is 34.0 Å². The molecule has 0 aromatic carbocycles. The summed E-state index contributed by atoms with van der Waals surface area (Å²) in [6.45, 7) is 2.37. The fraction of sp³-hybridized carbons (Fsp3) is 0.300. The van der Waals surface area contributed by atoms with Gasteiger partial charge in [0, 0.05) is 17.8 Å². The average molecular weight is 270 g/mol. The maximum atomic E-state index is 11.0. The van der Waals surface area contributed by atoms with Gasteiger partial charge in [-0.1, -0.05) is 0 Å². The number of nitrogens with two attached hydrogens (primary N) is 1. The molecule has 2 aromatic rings. The normalized spacial score (nSPS) is 13.7. The number of H-pyrrole nitrogens is 1. The Morgan fingerprint density at radius 2 is 2.33 bits per heavy atom. The van der Waals surface area contributed by atoms with E-state index < -0.39 is 10.0 Å². The first-order valence-electron chi connectivity index (χ1n) is 5.30. The van der Waals surface area contributed by atoms with Gasteiger partial charge < -0.3 is 9.73 Å². The third kappa shape index (κ3) is 2.97. The Kier molecular flexibility index (Phi) is 3.50. The molecule has 0 aliphatic heterocycles. The van der Waals surface area contributed by atoms with Crippen LogP contribution in [0.5, 0.6) is 0 Å². The van der Waals surface area contributed by atoms with E-state index in [9.17, 15) is 8.42 Å². The predicted octanol–water partition coefficient (Wildman–Crippen LogP) is 0.501. The molecule has 0 aliphatic rings. The number of hydrogen-bond acceptors (Lipinski definition) is 5. The van der Waals surface area contributed by atoms with Crippen LogP contribution >= 0.6 is 0 Å². The molecule has 8 heteroatoms. The van der Waals surface area contributed by atoms with Gasteiger partial charge >= 0.3 is 0 Å². The molecule has 1 unspecified atom stereocenters. The zero-order valence-corrected chi connectivity index (χ0v) is 10.6. The van der Waals surface area contributed by atoms with Crippen molar-refractivity contribution in [3.05, 3.63) is 35.9 Å². The van der Waals surface area contributed by atoms with Gasteiger partial charge in [0.1, 0.15) is 5.76 Å². The third-order valence-corrected chi connectivity index (χ3v) is 3.30. The number of sulfonamides is 1. The lowest BCUT2D eigenvalue weighted by atomic mass is 10.2. The smallest absolute Gasteiger partial charge is 0.271 e. The zero-order chi connectivity index (χ0) is 13.2. The predicted molar refractivity (Wildman–Crippen MR) is 63.9 cm³/mol. The Bertz CT molecular complexity index is 603. The molecule has 0 saturated carbocycles. The summed E-state index contributed by atoms with van der Waals surface area (Å²) in [5, 5.41) is 14.5. The van der Waals surface area contributed by atoms with Gasteiger partial charge in [-0.15, -0.1) is 0 Å². The number of nitrogens with one attached hydrogen (secondary N) is 2. The summed E-state index contributed by atoms with van der Waals surface area (Å²) in [5.41, 5.74) is 1.01. The molecule has 18 heavy (non-hydrogen) atoms. The van der Waals surface area contributed by atoms with E-state index in [1.54, 1.807) is 18.5 Å². The van der Waals surface area contributed by atoms with Gasteiger partial charge in [-0.25, -0.2) is 13.6 Å². The minimum atomic E-state index is -3.77. The van der Waals surface area contributed by atoms with Crippen molar-refractivity contribution in [2.75, 3.05) is 0 Å². The molecular formula is C10H14N4O3S. The summed E-state index contributed by atoms with van der Waals surface area (Å²) in [6.07, 6.45) is 3.51. The standard InChI is InChI=1S/C10H14N4O3S/c1-7(8-4-13-14-5-8)12-6-9-2-3-10(17-9)18(11,15)16/h2-5,7,12H,6H2,1H3,(H,13,14)(H2,11,15,16). The molecule has 98 valence electrons. The molecule has 4 N–H and O–H groups in total. The van der Waals surface area contributed by atoms with Crippen LogP contribution in [0.4, 0.5) is 0 Å². The van der Waals surface area contributed by atoms with Crippen LogP contribution in [0.25, 0.3) is 0 Å². The van der Waals surface area contributed by atoms with Gasteiger partial charge in [0.25, 0.3) is 10.0 Å². The van der Waals surface area contributed by atoms with Crippen LogP contribution in [0.2, 0.25) is 0 Å². The number of hydrogen-bond donors (Lipinski definition) is 3. The van der Waals surface area contributed by atoms with Crippen LogP contribution in [0.1, 0.15) is 24.3 Å². The quantitative estimate of drug-likeness (QED) is 0.732. The third-order valence-electron chi connectivity index (χ3n) is 2.52. The minimum absolute atomic E-state index is 0.0757. The van der Waals surface area contributed by atoms with Gasteiger partial charge in [-0.3, -0.25) is 5.10 Å². The highest BCUT2D eigenvalue weighted by Crippen LogP contribution is 2.14. The van der Waals surface area contributed by atoms with E-state index >= 15 is 0 Å². The maximum absolute atomic E-state index is 11.0. The first-order chi connectivity index (χ1) is 8.47. The molecule has 0 saturated heterocycles. The van der Waals surface area contributed by atoms with Crippen LogP contribution in [0, 0.1) is 0 Å². The molecular weight excluding hydrogens is 256 g/mol. The van der Waals surface area contributed by atoms with E-state index in [-0.39, 0.29) is 11.1 Å². The van der Waals surface area contributed by atoms with Gasteiger partial charge in [0.2, 0.25) is 5.09 Å². The van der Waals surface area contributed by atoms with Crippen molar-refractivity contribution >= 4 is 10.0 Å². The first kappa shape index (κ1) is 12.8. The number of rotatable bonds is 5. The van der Waals surface area contributed by atoms with E-state index in [0.717, 1.165) is 5.56 Å². The lowest BCUT2D eigenvalue weighted by molar-refractivity contribution is 0.393. The zero-order valence-electron chi connectivity index (χ0n) is 9.75. The van der Waals surface area contributed by atoms with Crippen LogP contribution in [0.3, 0.4) is 0 Å². The van der Waals surface area contributed by atoms with Crippen molar-refractivity contribution < 1.29 is 12.8 Å². The Labute approximate surface area is 104 Å². The van der Waals surface area contributed by atoms with E-state index in [1.807, 2.05) is 6.92 Å². The number of nitrogens with zero attached hydrogens (tertiary/aromatic N) is 1. The molecule has 2 heterocycles. The Hall–Kier alpha value is -1.64. The van der Waals surface area contributed by atoms with Crippen LogP contribution in [-0.2, 0) is 16.6 Å². The molecule has 0 bridgehead atoms. The number of furan rings is 1. The fourth-order valence-electron chi connectivity index (χ4n) is 1.48. The van der Waals surface area contributed by atoms with Gasteiger partial charge in [0.05, 0.1) is 12.7 Å². The van der Waals surface area contributed by atoms with Gasteiger partial charge in [0.15, 0.2) is 0 Å². The van der Waals surface area contributed by atoms with Crippen LogP contribution in [-0.4, -0.2) is 18.6 Å². The van der Waals surface area contributed by atoms with Crippen molar-refractivity contribution in [1.82, 2.24) is 15.5 Å². The Morgan fingerprint density at radius 1 is 1.56 bits per heavy atom. The highest BCUT2D eigenvalue weighted by Gasteiger charge is 2.13. The highest BCUT2D eigenvalue weighted by atomic mass is 32.2.